The van der Waals surface area contributed by atoms with Crippen LogP contribution >= 0.6 is 0 Å². The number of rotatable bonds is 3. The second-order valence-electron chi connectivity index (χ2n) is 1.58. The number of hydrazone groups is 1. The summed E-state index contributed by atoms with van der Waals surface area (Å²) in [5, 5.41) is 4.69. The Morgan fingerprint density at radius 3 is 2.43 bits per heavy atom. The van der Waals surface area contributed by atoms with E-state index in [-0.39, 0.29) is 0 Å². The molecule has 0 fully saturated rings. The molecule has 0 aliphatic carbocycles. The van der Waals surface area contributed by atoms with E-state index in [1.165, 1.54) is 6.42 Å². The molecule has 0 aliphatic heterocycles. The molecule has 0 aliphatic rings. The normalized spacial score (nSPS) is 8.29. The Labute approximate surface area is 44.8 Å². The van der Waals surface area contributed by atoms with Crippen LogP contribution in [0.25, 0.3) is 0 Å². The molecule has 0 radical (unpaired) electrons. The summed E-state index contributed by atoms with van der Waals surface area (Å²) < 4.78 is 0. The van der Waals surface area contributed by atoms with E-state index in [2.05, 4.69) is 18.7 Å². The van der Waals surface area contributed by atoms with Crippen LogP contribution in [0.5, 0.6) is 0 Å². The molecule has 0 aromatic carbocycles. The van der Waals surface area contributed by atoms with Crippen molar-refractivity contribution in [3.63, 3.8) is 0 Å². The Kier molecular flexibility index (Phi) is 3.38. The van der Waals surface area contributed by atoms with Gasteiger partial charge in [0.1, 0.15) is 0 Å². The van der Waals surface area contributed by atoms with E-state index in [1.54, 1.807) is 0 Å². The molecule has 0 bridgehead atoms. The zero-order chi connectivity index (χ0) is 5.70. The van der Waals surface area contributed by atoms with E-state index in [9.17, 15) is 0 Å². The lowest BCUT2D eigenvalue weighted by atomic mass is 10.5. The second kappa shape index (κ2) is 3.65. The lowest BCUT2D eigenvalue weighted by Gasteiger charge is -2.01. The lowest BCUT2D eigenvalue weighted by molar-refractivity contribution is -0.630. The molecule has 1 N–H and O–H groups in total. The molecule has 0 atom stereocenters. The Balaban J connectivity index is 2.98. The maximum absolute atomic E-state index is 3.48. The van der Waals surface area contributed by atoms with E-state index in [0.29, 0.717) is 0 Å². The highest BCUT2D eigenvalue weighted by molar-refractivity contribution is 5.11. The minimum Gasteiger partial charge on any atom is -0.192 e. The van der Waals surface area contributed by atoms with Crippen molar-refractivity contribution in [2.45, 2.75) is 13.3 Å². The molecule has 0 amide bonds. The van der Waals surface area contributed by atoms with Crippen LogP contribution in [0.1, 0.15) is 13.3 Å². The van der Waals surface area contributed by atoms with Gasteiger partial charge in [-0.25, -0.2) is 0 Å². The zero-order valence-electron chi connectivity index (χ0n) is 5.07. The fraction of sp³-hybridized carbons (Fsp3) is 0.800. The van der Waals surface area contributed by atoms with Crippen LogP contribution in [0.15, 0.2) is 0 Å². The first-order chi connectivity index (χ1) is 3.31. The average Bonchev–Trinajstić information content (AvgIpc) is 1.68. The first-order valence-corrected chi connectivity index (χ1v) is 2.55. The molecule has 0 heterocycles. The molecular weight excluding hydrogens is 88.1 g/mol. The van der Waals surface area contributed by atoms with Gasteiger partial charge in [0.2, 0.25) is 0 Å². The zero-order valence-corrected chi connectivity index (χ0v) is 5.07. The Bertz CT molecular complexity index is 52.0. The first kappa shape index (κ1) is 6.47. The van der Waals surface area contributed by atoms with Gasteiger partial charge in [0.05, 0.1) is 13.6 Å². The Hall–Kier alpha value is -0.530. The maximum atomic E-state index is 3.48. The summed E-state index contributed by atoms with van der Waals surface area (Å²) in [6, 6.07) is 0. The van der Waals surface area contributed by atoms with E-state index >= 15 is 0 Å². The topological polar surface area (TPSA) is 17.2 Å². The van der Waals surface area contributed by atoms with E-state index < -0.39 is 0 Å². The van der Waals surface area contributed by atoms with Crippen LogP contribution < -0.4 is 5.10 Å². The third-order valence-electron chi connectivity index (χ3n) is 0.829. The molecule has 0 rings (SSSR count). The van der Waals surface area contributed by atoms with Crippen molar-refractivity contribution in [3.05, 3.63) is 0 Å². The fourth-order valence-corrected chi connectivity index (χ4v) is 0.414. The van der Waals surface area contributed by atoms with E-state index in [1.807, 2.05) is 12.1 Å². The number of nitrogens with zero attached hydrogens (tertiary/aromatic N) is 1. The Morgan fingerprint density at radius 1 is 1.71 bits per heavy atom. The van der Waals surface area contributed by atoms with Crippen molar-refractivity contribution in [1.29, 1.82) is 0 Å². The fourth-order valence-electron chi connectivity index (χ4n) is 0.414. The largest absolute Gasteiger partial charge is 0.192 e. The quantitative estimate of drug-likeness (QED) is 0.357. The summed E-state index contributed by atoms with van der Waals surface area (Å²) in [5.74, 6) is 0. The SMILES string of the molecule is C=[NH+]N(C)CCC. The van der Waals surface area contributed by atoms with Crippen molar-refractivity contribution in [1.82, 2.24) is 5.01 Å². The molecule has 42 valence electrons. The summed E-state index contributed by atoms with van der Waals surface area (Å²) in [5.41, 5.74) is 0. The minimum atomic E-state index is 1.06. The van der Waals surface area contributed by atoms with Crippen LogP contribution in [-0.4, -0.2) is 25.3 Å². The number of hydrogen-bond donors (Lipinski definition) is 1. The van der Waals surface area contributed by atoms with Crippen molar-refractivity contribution >= 4 is 6.72 Å². The van der Waals surface area contributed by atoms with E-state index in [4.69, 9.17) is 0 Å². The second-order valence-corrected chi connectivity index (χ2v) is 1.58. The van der Waals surface area contributed by atoms with Crippen molar-refractivity contribution in [2.24, 2.45) is 0 Å². The minimum absolute atomic E-state index is 1.06. The average molecular weight is 101 g/mol. The van der Waals surface area contributed by atoms with Gasteiger partial charge in [-0.1, -0.05) is 6.92 Å². The molecule has 2 nitrogen and oxygen atoms in total. The summed E-state index contributed by atoms with van der Waals surface area (Å²) in [7, 11) is 1.97. The lowest BCUT2D eigenvalue weighted by Crippen LogP contribution is -2.77. The van der Waals surface area contributed by atoms with Gasteiger partial charge in [-0.05, 0) is 6.42 Å². The van der Waals surface area contributed by atoms with Crippen molar-refractivity contribution < 1.29 is 5.10 Å². The standard InChI is InChI=1S/C5H12N2/c1-4-5-7(3)6-2/h2,4-5H2,1,3H3/p+1. The summed E-state index contributed by atoms with van der Waals surface area (Å²) in [6.07, 6.45) is 1.17. The highest BCUT2D eigenvalue weighted by atomic mass is 15.4. The monoisotopic (exact) mass is 101 g/mol. The molecule has 0 aromatic heterocycles. The molecule has 7 heavy (non-hydrogen) atoms. The highest BCUT2D eigenvalue weighted by Gasteiger charge is 1.87. The smallest absolute Gasteiger partial charge is 0.155 e. The summed E-state index contributed by atoms with van der Waals surface area (Å²) in [4.78, 5) is 0. The van der Waals surface area contributed by atoms with Gasteiger partial charge in [-0.3, -0.25) is 0 Å². The number of hydrogen-bond acceptors (Lipinski definition) is 1. The van der Waals surface area contributed by atoms with Crippen LogP contribution in [-0.2, 0) is 0 Å². The third-order valence-corrected chi connectivity index (χ3v) is 0.829. The van der Waals surface area contributed by atoms with Gasteiger partial charge >= 0.3 is 0 Å². The summed E-state index contributed by atoms with van der Waals surface area (Å²) in [6.45, 7) is 6.67. The Morgan fingerprint density at radius 2 is 2.29 bits per heavy atom. The van der Waals surface area contributed by atoms with Gasteiger partial charge < -0.3 is 0 Å². The molecular formula is C5H13N2+. The molecule has 0 unspecified atom stereocenters. The molecule has 0 saturated heterocycles. The van der Waals surface area contributed by atoms with Gasteiger partial charge in [-0.15, -0.1) is 5.10 Å². The first-order valence-electron chi connectivity index (χ1n) is 2.55. The van der Waals surface area contributed by atoms with Gasteiger partial charge in [0, 0.05) is 0 Å². The molecule has 0 spiro atoms. The highest BCUT2D eigenvalue weighted by Crippen LogP contribution is 1.71. The number of hydrazine groups is 1. The van der Waals surface area contributed by atoms with Crippen LogP contribution in [0.3, 0.4) is 0 Å². The van der Waals surface area contributed by atoms with Crippen LogP contribution in [0, 0.1) is 0 Å². The van der Waals surface area contributed by atoms with Crippen LogP contribution in [0.4, 0.5) is 0 Å². The van der Waals surface area contributed by atoms with Gasteiger partial charge in [0.15, 0.2) is 6.72 Å². The third kappa shape index (κ3) is 3.30. The predicted molar refractivity (Wildman–Crippen MR) is 31.0 cm³/mol. The van der Waals surface area contributed by atoms with Gasteiger partial charge in [0.25, 0.3) is 0 Å². The van der Waals surface area contributed by atoms with E-state index in [0.717, 1.165) is 6.54 Å². The van der Waals surface area contributed by atoms with Crippen molar-refractivity contribution in [2.75, 3.05) is 13.6 Å². The number of nitrogens with one attached hydrogen (secondary N) is 1. The van der Waals surface area contributed by atoms with Crippen LogP contribution in [0.2, 0.25) is 0 Å². The van der Waals surface area contributed by atoms with Gasteiger partial charge in [-0.2, -0.15) is 5.01 Å². The maximum Gasteiger partial charge on any atom is 0.155 e. The summed E-state index contributed by atoms with van der Waals surface area (Å²) >= 11 is 0. The van der Waals surface area contributed by atoms with Crippen molar-refractivity contribution in [3.8, 4) is 0 Å². The predicted octanol–water partition coefficient (Wildman–Crippen LogP) is -0.976. The molecule has 2 heteroatoms. The molecule has 0 aromatic rings. The molecule has 0 saturated carbocycles.